The Labute approximate surface area is 162 Å². The first-order valence-electron chi connectivity index (χ1n) is 8.73. The molecule has 2 aromatic carbocycles. The van der Waals surface area contributed by atoms with Gasteiger partial charge in [-0.25, -0.2) is 4.79 Å². The Morgan fingerprint density at radius 1 is 1.18 bits per heavy atom. The van der Waals surface area contributed by atoms with Gasteiger partial charge in [0.1, 0.15) is 11.5 Å². The highest BCUT2D eigenvalue weighted by molar-refractivity contribution is 5.87. The zero-order chi connectivity index (χ0) is 19.8. The Bertz CT molecular complexity index is 965. The molecule has 0 radical (unpaired) electrons. The number of hydrogen-bond donors (Lipinski definition) is 0. The summed E-state index contributed by atoms with van der Waals surface area (Å²) in [7, 11) is 1.59. The van der Waals surface area contributed by atoms with E-state index in [4.69, 9.17) is 18.7 Å². The highest BCUT2D eigenvalue weighted by Crippen LogP contribution is 2.27. The topological polar surface area (TPSA) is 83.7 Å². The monoisotopic (exact) mass is 380 g/mol. The highest BCUT2D eigenvalue weighted by Gasteiger charge is 2.14. The van der Waals surface area contributed by atoms with Crippen LogP contribution in [-0.4, -0.2) is 29.8 Å². The van der Waals surface area contributed by atoms with Gasteiger partial charge in [-0.05, 0) is 42.8 Å². The van der Waals surface area contributed by atoms with E-state index in [0.717, 1.165) is 5.56 Å². The summed E-state index contributed by atoms with van der Waals surface area (Å²) >= 11 is 0. The van der Waals surface area contributed by atoms with Gasteiger partial charge < -0.3 is 18.7 Å². The van der Waals surface area contributed by atoms with E-state index in [1.54, 1.807) is 13.2 Å². The van der Waals surface area contributed by atoms with E-state index in [9.17, 15) is 4.79 Å². The molecule has 1 aromatic heterocycles. The van der Waals surface area contributed by atoms with Crippen molar-refractivity contribution >= 4 is 12.0 Å². The summed E-state index contributed by atoms with van der Waals surface area (Å²) in [5, 5.41) is 3.93. The number of carbonyl (C=O) groups is 1. The van der Waals surface area contributed by atoms with Crippen molar-refractivity contribution in [2.75, 3.05) is 13.7 Å². The Morgan fingerprint density at radius 3 is 2.86 bits per heavy atom. The zero-order valence-electron chi connectivity index (χ0n) is 15.6. The van der Waals surface area contributed by atoms with E-state index in [-0.39, 0.29) is 12.5 Å². The Morgan fingerprint density at radius 2 is 2.04 bits per heavy atom. The summed E-state index contributed by atoms with van der Waals surface area (Å²) in [5.74, 6) is 1.43. The number of nitrogens with zero attached hydrogens (tertiary/aromatic N) is 2. The smallest absolute Gasteiger partial charge is 0.331 e. The maximum Gasteiger partial charge on any atom is 0.331 e. The number of para-hydroxylation sites is 1. The molecule has 7 nitrogen and oxygen atoms in total. The predicted molar refractivity (Wildman–Crippen MR) is 103 cm³/mol. The first kappa shape index (κ1) is 19.2. The van der Waals surface area contributed by atoms with E-state index >= 15 is 0 Å². The zero-order valence-corrected chi connectivity index (χ0v) is 15.6. The van der Waals surface area contributed by atoms with Crippen molar-refractivity contribution in [2.24, 2.45) is 0 Å². The van der Waals surface area contributed by atoms with Crippen molar-refractivity contribution in [3.05, 3.63) is 66.1 Å². The van der Waals surface area contributed by atoms with Crippen LogP contribution in [0.3, 0.4) is 0 Å². The lowest BCUT2D eigenvalue weighted by Crippen LogP contribution is -2.01. The first-order chi connectivity index (χ1) is 13.7. The molecule has 0 saturated carbocycles. The molecule has 0 spiro atoms. The maximum atomic E-state index is 11.9. The molecule has 3 rings (SSSR count). The lowest BCUT2D eigenvalue weighted by atomic mass is 10.2. The fraction of sp³-hybridized carbons (Fsp3) is 0.190. The molecule has 0 aliphatic carbocycles. The second-order valence-corrected chi connectivity index (χ2v) is 5.66. The standard InChI is InChI=1S/C21H20N2O5/c1-3-26-18-10-5-4-9-17(18)21-22-19(28-23-21)14-27-20(24)12-11-15-7-6-8-16(13-15)25-2/h4-13H,3,14H2,1-2H3/b12-11+. The van der Waals surface area contributed by atoms with Crippen LogP contribution in [0.5, 0.6) is 11.5 Å². The number of esters is 1. The molecule has 0 saturated heterocycles. The van der Waals surface area contributed by atoms with Crippen LogP contribution >= 0.6 is 0 Å². The van der Waals surface area contributed by atoms with Crippen LogP contribution in [-0.2, 0) is 16.1 Å². The second kappa shape index (κ2) is 9.36. The van der Waals surface area contributed by atoms with Crippen LogP contribution in [0.4, 0.5) is 0 Å². The Hall–Kier alpha value is -3.61. The van der Waals surface area contributed by atoms with Gasteiger partial charge in [0.25, 0.3) is 5.89 Å². The molecular formula is C21H20N2O5. The van der Waals surface area contributed by atoms with Crippen LogP contribution in [0, 0.1) is 0 Å². The molecule has 1 heterocycles. The van der Waals surface area contributed by atoms with Gasteiger partial charge in [0, 0.05) is 6.08 Å². The molecule has 0 amide bonds. The van der Waals surface area contributed by atoms with E-state index < -0.39 is 5.97 Å². The second-order valence-electron chi connectivity index (χ2n) is 5.66. The van der Waals surface area contributed by atoms with Crippen molar-refractivity contribution in [1.29, 1.82) is 0 Å². The first-order valence-corrected chi connectivity index (χ1v) is 8.73. The van der Waals surface area contributed by atoms with Crippen molar-refractivity contribution in [3.63, 3.8) is 0 Å². The average Bonchev–Trinajstić information content (AvgIpc) is 3.20. The summed E-state index contributed by atoms with van der Waals surface area (Å²) in [6.45, 7) is 2.31. The van der Waals surface area contributed by atoms with E-state index in [1.165, 1.54) is 6.08 Å². The molecule has 0 unspecified atom stereocenters. The number of carbonyl (C=O) groups excluding carboxylic acids is 1. The fourth-order valence-electron chi connectivity index (χ4n) is 2.45. The molecular weight excluding hydrogens is 360 g/mol. The SMILES string of the molecule is CCOc1ccccc1-c1noc(COC(=O)/C=C/c2cccc(OC)c2)n1. The van der Waals surface area contributed by atoms with E-state index in [1.807, 2.05) is 55.5 Å². The molecule has 0 aliphatic heterocycles. The van der Waals surface area contributed by atoms with E-state index in [0.29, 0.717) is 29.5 Å². The lowest BCUT2D eigenvalue weighted by molar-refractivity contribution is -0.139. The number of benzene rings is 2. The van der Waals surface area contributed by atoms with Gasteiger partial charge in [0.05, 0.1) is 19.3 Å². The number of hydrogen-bond acceptors (Lipinski definition) is 7. The van der Waals surface area contributed by atoms with Gasteiger partial charge in [0.2, 0.25) is 5.82 Å². The highest BCUT2D eigenvalue weighted by atomic mass is 16.6. The summed E-state index contributed by atoms with van der Waals surface area (Å²) in [6, 6.07) is 14.7. The van der Waals surface area contributed by atoms with Crippen LogP contribution < -0.4 is 9.47 Å². The van der Waals surface area contributed by atoms with Crippen molar-refractivity contribution < 1.29 is 23.5 Å². The van der Waals surface area contributed by atoms with Crippen molar-refractivity contribution in [1.82, 2.24) is 10.1 Å². The quantitative estimate of drug-likeness (QED) is 0.433. The van der Waals surface area contributed by atoms with Crippen molar-refractivity contribution in [3.8, 4) is 22.9 Å². The third kappa shape index (κ3) is 4.97. The number of methoxy groups -OCH3 is 1. The lowest BCUT2D eigenvalue weighted by Gasteiger charge is -2.05. The van der Waals surface area contributed by atoms with Gasteiger partial charge in [-0.1, -0.05) is 29.4 Å². The number of rotatable bonds is 8. The third-order valence-corrected chi connectivity index (χ3v) is 3.74. The molecule has 0 aliphatic rings. The van der Waals surface area contributed by atoms with Gasteiger partial charge in [-0.15, -0.1) is 0 Å². The van der Waals surface area contributed by atoms with Gasteiger partial charge in [-0.3, -0.25) is 0 Å². The summed E-state index contributed by atoms with van der Waals surface area (Å²) < 4.78 is 21.0. The largest absolute Gasteiger partial charge is 0.497 e. The minimum absolute atomic E-state index is 0.120. The predicted octanol–water partition coefficient (Wildman–Crippen LogP) is 3.90. The van der Waals surface area contributed by atoms with E-state index in [2.05, 4.69) is 10.1 Å². The molecule has 0 N–H and O–H groups in total. The molecule has 0 fully saturated rings. The molecule has 144 valence electrons. The van der Waals surface area contributed by atoms with Crippen LogP contribution in [0.25, 0.3) is 17.5 Å². The molecule has 0 atom stereocenters. The van der Waals surface area contributed by atoms with Crippen molar-refractivity contribution in [2.45, 2.75) is 13.5 Å². The van der Waals surface area contributed by atoms with Crippen LogP contribution in [0.1, 0.15) is 18.4 Å². The van der Waals surface area contributed by atoms with Gasteiger partial charge >= 0.3 is 5.97 Å². The Balaban J connectivity index is 1.60. The normalized spacial score (nSPS) is 10.8. The van der Waals surface area contributed by atoms with Crippen LogP contribution in [0.15, 0.2) is 59.1 Å². The molecule has 0 bridgehead atoms. The minimum Gasteiger partial charge on any atom is -0.497 e. The molecule has 7 heteroatoms. The number of aromatic nitrogens is 2. The molecule has 3 aromatic rings. The maximum absolute atomic E-state index is 11.9. The van der Waals surface area contributed by atoms with Gasteiger partial charge in [-0.2, -0.15) is 4.98 Å². The fourth-order valence-corrected chi connectivity index (χ4v) is 2.45. The Kier molecular flexibility index (Phi) is 6.41. The summed E-state index contributed by atoms with van der Waals surface area (Å²) in [4.78, 5) is 16.2. The third-order valence-electron chi connectivity index (χ3n) is 3.74. The summed E-state index contributed by atoms with van der Waals surface area (Å²) in [6.07, 6.45) is 2.97. The van der Waals surface area contributed by atoms with Crippen LogP contribution in [0.2, 0.25) is 0 Å². The average molecular weight is 380 g/mol. The minimum atomic E-state index is -0.516. The molecule has 28 heavy (non-hydrogen) atoms. The van der Waals surface area contributed by atoms with Gasteiger partial charge in [0.15, 0.2) is 6.61 Å². The number of ether oxygens (including phenoxy) is 3. The summed E-state index contributed by atoms with van der Waals surface area (Å²) in [5.41, 5.74) is 1.53.